The van der Waals surface area contributed by atoms with E-state index in [9.17, 15) is 4.79 Å². The normalized spacial score (nSPS) is 19.3. The van der Waals surface area contributed by atoms with Gasteiger partial charge in [0.2, 0.25) is 0 Å². The zero-order valence-corrected chi connectivity index (χ0v) is 7.96. The Bertz CT molecular complexity index is 119. The van der Waals surface area contributed by atoms with Crippen LogP contribution in [-0.2, 0) is 9.53 Å². The molecule has 0 radical (unpaired) electrons. The van der Waals surface area contributed by atoms with E-state index in [0.717, 1.165) is 12.8 Å². The maximum absolute atomic E-state index is 10.7. The van der Waals surface area contributed by atoms with E-state index >= 15 is 0 Å². The third-order valence-corrected chi connectivity index (χ3v) is 2.33. The summed E-state index contributed by atoms with van der Waals surface area (Å²) in [7, 11) is 0. The second-order valence-corrected chi connectivity index (χ2v) is 3.29. The average molecular weight is 254 g/mol. The molecule has 0 N–H and O–H groups in total. The number of ether oxygens (including phenoxy) is 1. The molecule has 0 bridgehead atoms. The molecule has 58 valence electrons. The first-order valence-electron chi connectivity index (χ1n) is 3.58. The first-order chi connectivity index (χ1) is 4.83. The van der Waals surface area contributed by atoms with Crippen LogP contribution in [-0.4, -0.2) is 16.5 Å². The van der Waals surface area contributed by atoms with Gasteiger partial charge in [0.15, 0.2) is 0 Å². The highest BCUT2D eigenvalue weighted by Crippen LogP contribution is 2.20. The van der Waals surface area contributed by atoms with Gasteiger partial charge in [-0.15, -0.1) is 0 Å². The van der Waals surface area contributed by atoms with Crippen molar-refractivity contribution in [3.05, 3.63) is 0 Å². The van der Waals surface area contributed by atoms with Crippen molar-refractivity contribution in [2.24, 2.45) is 0 Å². The molecule has 0 heterocycles. The smallest absolute Gasteiger partial charge is 0.316 e. The molecule has 1 fully saturated rings. The summed E-state index contributed by atoms with van der Waals surface area (Å²) >= 11 is 2.03. The first kappa shape index (κ1) is 8.30. The van der Waals surface area contributed by atoms with Gasteiger partial charge in [-0.05, 0) is 25.7 Å². The van der Waals surface area contributed by atoms with E-state index < -0.39 is 0 Å². The Morgan fingerprint density at radius 1 is 1.50 bits per heavy atom. The van der Waals surface area contributed by atoms with Gasteiger partial charge >= 0.3 is 5.97 Å². The topological polar surface area (TPSA) is 26.3 Å². The van der Waals surface area contributed by atoms with E-state index in [4.69, 9.17) is 4.74 Å². The zero-order valence-electron chi connectivity index (χ0n) is 5.81. The fourth-order valence-corrected chi connectivity index (χ4v) is 1.40. The molecule has 1 rings (SSSR count). The molecule has 0 saturated heterocycles. The van der Waals surface area contributed by atoms with Crippen molar-refractivity contribution in [3.63, 3.8) is 0 Å². The van der Waals surface area contributed by atoms with Crippen LogP contribution in [0, 0.1) is 0 Å². The minimum absolute atomic E-state index is 0.0625. The Morgan fingerprint density at radius 3 is 2.60 bits per heavy atom. The molecule has 1 aliphatic carbocycles. The molecule has 0 aromatic heterocycles. The lowest BCUT2D eigenvalue weighted by Crippen LogP contribution is -2.14. The summed E-state index contributed by atoms with van der Waals surface area (Å²) in [6.45, 7) is 0. The van der Waals surface area contributed by atoms with Gasteiger partial charge in [0, 0.05) is 0 Å². The minimum atomic E-state index is -0.0625. The van der Waals surface area contributed by atoms with Crippen LogP contribution in [0.4, 0.5) is 0 Å². The fraction of sp³-hybridized carbons (Fsp3) is 0.857. The summed E-state index contributed by atoms with van der Waals surface area (Å²) < 4.78 is 5.59. The lowest BCUT2D eigenvalue weighted by molar-refractivity contribution is -0.145. The van der Waals surface area contributed by atoms with Gasteiger partial charge in [-0.25, -0.2) is 0 Å². The van der Waals surface area contributed by atoms with Crippen molar-refractivity contribution in [2.45, 2.75) is 31.8 Å². The molecule has 2 nitrogen and oxygen atoms in total. The van der Waals surface area contributed by atoms with Crippen LogP contribution in [0.25, 0.3) is 0 Å². The molecule has 0 aromatic carbocycles. The SMILES string of the molecule is O=C(CI)OC1CCCC1. The third-order valence-electron chi connectivity index (χ3n) is 1.71. The number of esters is 1. The zero-order chi connectivity index (χ0) is 7.40. The molecule has 1 saturated carbocycles. The molecule has 0 spiro atoms. The molecule has 0 amide bonds. The highest BCUT2D eigenvalue weighted by atomic mass is 127. The van der Waals surface area contributed by atoms with Crippen LogP contribution in [0.3, 0.4) is 0 Å². The van der Waals surface area contributed by atoms with Crippen molar-refractivity contribution in [2.75, 3.05) is 4.43 Å². The Morgan fingerprint density at radius 2 is 2.10 bits per heavy atom. The molecule has 10 heavy (non-hydrogen) atoms. The maximum Gasteiger partial charge on any atom is 0.316 e. The van der Waals surface area contributed by atoms with Gasteiger partial charge in [-0.2, -0.15) is 0 Å². The number of halogens is 1. The fourth-order valence-electron chi connectivity index (χ4n) is 1.22. The number of hydrogen-bond acceptors (Lipinski definition) is 2. The first-order valence-corrected chi connectivity index (χ1v) is 5.11. The molecular formula is C7H11IO2. The van der Waals surface area contributed by atoms with Crippen molar-refractivity contribution in [1.29, 1.82) is 0 Å². The van der Waals surface area contributed by atoms with E-state index in [1.54, 1.807) is 0 Å². The standard InChI is InChI=1S/C7H11IO2/c8-5-7(9)10-6-3-1-2-4-6/h6H,1-5H2. The monoisotopic (exact) mass is 254 g/mol. The maximum atomic E-state index is 10.7. The van der Waals surface area contributed by atoms with Crippen LogP contribution in [0.2, 0.25) is 0 Å². The second-order valence-electron chi connectivity index (χ2n) is 2.53. The van der Waals surface area contributed by atoms with Crippen LogP contribution in [0.1, 0.15) is 25.7 Å². The second kappa shape index (κ2) is 4.16. The molecule has 0 atom stereocenters. The Balaban J connectivity index is 2.17. The summed E-state index contributed by atoms with van der Waals surface area (Å²) in [6, 6.07) is 0. The Hall–Kier alpha value is 0.200. The summed E-state index contributed by atoms with van der Waals surface area (Å²) in [6.07, 6.45) is 4.82. The van der Waals surface area contributed by atoms with Crippen molar-refractivity contribution in [3.8, 4) is 0 Å². The van der Waals surface area contributed by atoms with Gasteiger partial charge in [0.25, 0.3) is 0 Å². The average Bonchev–Trinajstić information content (AvgIpc) is 2.40. The van der Waals surface area contributed by atoms with Gasteiger partial charge in [0.1, 0.15) is 6.10 Å². The molecule has 0 aromatic rings. The molecule has 0 unspecified atom stereocenters. The highest BCUT2D eigenvalue weighted by molar-refractivity contribution is 14.1. The molecule has 3 heteroatoms. The number of hydrogen-bond donors (Lipinski definition) is 0. The van der Waals surface area contributed by atoms with Crippen LogP contribution in [0.15, 0.2) is 0 Å². The number of carbonyl (C=O) groups excluding carboxylic acids is 1. The lowest BCUT2D eigenvalue weighted by atomic mass is 10.3. The van der Waals surface area contributed by atoms with E-state index in [2.05, 4.69) is 0 Å². The van der Waals surface area contributed by atoms with Crippen molar-refractivity contribution in [1.82, 2.24) is 0 Å². The summed E-state index contributed by atoms with van der Waals surface area (Å²) in [5.41, 5.74) is 0. The van der Waals surface area contributed by atoms with Gasteiger partial charge in [-0.3, -0.25) is 4.79 Å². The van der Waals surface area contributed by atoms with E-state index in [1.807, 2.05) is 22.6 Å². The van der Waals surface area contributed by atoms with Crippen molar-refractivity contribution < 1.29 is 9.53 Å². The van der Waals surface area contributed by atoms with E-state index in [-0.39, 0.29) is 12.1 Å². The van der Waals surface area contributed by atoms with Crippen LogP contribution in [0.5, 0.6) is 0 Å². The third kappa shape index (κ3) is 2.44. The quantitative estimate of drug-likeness (QED) is 0.427. The predicted molar refractivity (Wildman–Crippen MR) is 47.2 cm³/mol. The van der Waals surface area contributed by atoms with Gasteiger partial charge in [0.05, 0.1) is 4.43 Å². The predicted octanol–water partition coefficient (Wildman–Crippen LogP) is 1.91. The summed E-state index contributed by atoms with van der Waals surface area (Å²) in [5.74, 6) is -0.0625. The Kier molecular flexibility index (Phi) is 3.45. The van der Waals surface area contributed by atoms with Crippen molar-refractivity contribution >= 4 is 28.6 Å². The molecular weight excluding hydrogens is 243 g/mol. The summed E-state index contributed by atoms with van der Waals surface area (Å²) in [4.78, 5) is 10.7. The Labute approximate surface area is 74.5 Å². The molecule has 0 aliphatic heterocycles. The summed E-state index contributed by atoms with van der Waals surface area (Å²) in [5, 5.41) is 0. The van der Waals surface area contributed by atoms with Gasteiger partial charge in [-0.1, -0.05) is 22.6 Å². The van der Waals surface area contributed by atoms with E-state index in [1.165, 1.54) is 12.8 Å². The largest absolute Gasteiger partial charge is 0.462 e. The minimum Gasteiger partial charge on any atom is -0.462 e. The van der Waals surface area contributed by atoms with E-state index in [0.29, 0.717) is 4.43 Å². The van der Waals surface area contributed by atoms with Crippen LogP contribution >= 0.6 is 22.6 Å². The van der Waals surface area contributed by atoms with Gasteiger partial charge < -0.3 is 4.74 Å². The number of alkyl halides is 1. The number of rotatable bonds is 2. The molecule has 1 aliphatic rings. The van der Waals surface area contributed by atoms with Crippen LogP contribution < -0.4 is 0 Å². The highest BCUT2D eigenvalue weighted by Gasteiger charge is 2.17. The lowest BCUT2D eigenvalue weighted by Gasteiger charge is -2.08. The number of carbonyl (C=O) groups is 1.